The number of carbonyl (C=O) groups excluding carboxylic acids is 1. The van der Waals surface area contributed by atoms with Crippen molar-refractivity contribution in [2.24, 2.45) is 0 Å². The molecule has 21 heavy (non-hydrogen) atoms. The largest absolute Gasteiger partial charge is 0.457 e. The molecule has 0 aliphatic rings. The molecular weight excluding hydrogens is 283 g/mol. The number of benzene rings is 2. The lowest BCUT2D eigenvalue weighted by atomic mass is 10.1. The molecule has 0 aliphatic carbocycles. The molecule has 3 nitrogen and oxygen atoms in total. The van der Waals surface area contributed by atoms with E-state index >= 15 is 0 Å². The maximum Gasteiger partial charge on any atom is 0.340 e. The number of hydrogen-bond acceptors (Lipinski definition) is 3. The van der Waals surface area contributed by atoms with Crippen LogP contribution in [0.25, 0.3) is 0 Å². The van der Waals surface area contributed by atoms with Crippen LogP contribution >= 0.6 is 0 Å². The fourth-order valence-corrected chi connectivity index (χ4v) is 1.78. The van der Waals surface area contributed by atoms with Crippen LogP contribution in [-0.4, -0.2) is 5.97 Å². The summed E-state index contributed by atoms with van der Waals surface area (Å²) in [6.07, 6.45) is 0. The second-order valence-corrected chi connectivity index (χ2v) is 4.50. The summed E-state index contributed by atoms with van der Waals surface area (Å²) < 4.78 is 44.0. The van der Waals surface area contributed by atoms with Crippen molar-refractivity contribution in [1.29, 1.82) is 0 Å². The Kier molecular flexibility index (Phi) is 4.16. The summed E-state index contributed by atoms with van der Waals surface area (Å²) in [5.74, 6) is -3.60. The number of nitrogen functional groups attached to an aromatic ring is 1. The normalized spacial score (nSPS) is 10.5. The highest BCUT2D eigenvalue weighted by molar-refractivity contribution is 5.95. The van der Waals surface area contributed by atoms with Crippen molar-refractivity contribution in [3.63, 3.8) is 0 Å². The molecule has 6 heteroatoms. The minimum Gasteiger partial charge on any atom is -0.457 e. The van der Waals surface area contributed by atoms with Crippen molar-refractivity contribution in [2.45, 2.75) is 13.5 Å². The van der Waals surface area contributed by atoms with Crippen LogP contribution in [0.1, 0.15) is 21.5 Å². The molecular formula is C15H12F3NO2. The average Bonchev–Trinajstić information content (AvgIpc) is 2.41. The van der Waals surface area contributed by atoms with Gasteiger partial charge in [0.25, 0.3) is 0 Å². The van der Waals surface area contributed by atoms with E-state index in [1.165, 1.54) is 18.2 Å². The number of anilines is 1. The Labute approximate surface area is 119 Å². The van der Waals surface area contributed by atoms with E-state index in [0.29, 0.717) is 17.2 Å². The molecule has 0 saturated heterocycles. The molecule has 0 atom stereocenters. The van der Waals surface area contributed by atoms with Crippen LogP contribution in [0.2, 0.25) is 0 Å². The molecule has 2 rings (SSSR count). The van der Waals surface area contributed by atoms with Crippen LogP contribution in [0.3, 0.4) is 0 Å². The summed E-state index contributed by atoms with van der Waals surface area (Å²) in [7, 11) is 0. The quantitative estimate of drug-likeness (QED) is 0.698. The van der Waals surface area contributed by atoms with Crippen LogP contribution in [-0.2, 0) is 11.3 Å². The molecule has 0 radical (unpaired) electrons. The van der Waals surface area contributed by atoms with Gasteiger partial charge in [-0.25, -0.2) is 18.0 Å². The van der Waals surface area contributed by atoms with Gasteiger partial charge in [0.15, 0.2) is 11.6 Å². The molecule has 0 bridgehead atoms. The Morgan fingerprint density at radius 2 is 1.81 bits per heavy atom. The number of halogens is 3. The molecule has 0 aromatic heterocycles. The van der Waals surface area contributed by atoms with Crippen molar-refractivity contribution in [1.82, 2.24) is 0 Å². The van der Waals surface area contributed by atoms with E-state index in [0.717, 1.165) is 6.07 Å². The second kappa shape index (κ2) is 5.87. The number of hydrogen-bond donors (Lipinski definition) is 1. The van der Waals surface area contributed by atoms with Gasteiger partial charge in [-0.05, 0) is 36.2 Å². The Morgan fingerprint density at radius 3 is 2.48 bits per heavy atom. The van der Waals surface area contributed by atoms with E-state index in [1.54, 1.807) is 6.92 Å². The van der Waals surface area contributed by atoms with Gasteiger partial charge in [-0.1, -0.05) is 6.07 Å². The Hall–Kier alpha value is -2.50. The summed E-state index contributed by atoms with van der Waals surface area (Å²) in [5, 5.41) is 0. The number of nitrogens with two attached hydrogens (primary N) is 1. The maximum absolute atomic E-state index is 13.1. The van der Waals surface area contributed by atoms with E-state index < -0.39 is 23.4 Å². The van der Waals surface area contributed by atoms with Gasteiger partial charge in [-0.3, -0.25) is 0 Å². The topological polar surface area (TPSA) is 52.3 Å². The molecule has 0 fully saturated rings. The summed E-state index contributed by atoms with van der Waals surface area (Å²) >= 11 is 0. The van der Waals surface area contributed by atoms with Crippen molar-refractivity contribution < 1.29 is 22.7 Å². The van der Waals surface area contributed by atoms with Gasteiger partial charge >= 0.3 is 5.97 Å². The predicted molar refractivity (Wildman–Crippen MR) is 71.0 cm³/mol. The highest BCUT2D eigenvalue weighted by atomic mass is 19.2. The lowest BCUT2D eigenvalue weighted by Gasteiger charge is -2.09. The average molecular weight is 295 g/mol. The molecule has 0 heterocycles. The predicted octanol–water partition coefficient (Wildman–Crippen LogP) is 3.35. The highest BCUT2D eigenvalue weighted by Crippen LogP contribution is 2.19. The first-order chi connectivity index (χ1) is 9.88. The third kappa shape index (κ3) is 3.34. The molecule has 0 spiro atoms. The Bertz CT molecular complexity index is 702. The van der Waals surface area contributed by atoms with E-state index in [1.807, 2.05) is 0 Å². The molecule has 0 aliphatic heterocycles. The van der Waals surface area contributed by atoms with E-state index in [2.05, 4.69) is 0 Å². The summed E-state index contributed by atoms with van der Waals surface area (Å²) in [6.45, 7) is 1.54. The minimum atomic E-state index is -1.19. The van der Waals surface area contributed by atoms with Crippen molar-refractivity contribution >= 4 is 11.7 Å². The number of esters is 1. The minimum absolute atomic E-state index is 0.122. The van der Waals surface area contributed by atoms with Gasteiger partial charge < -0.3 is 10.5 Å². The summed E-state index contributed by atoms with van der Waals surface area (Å²) in [6, 6.07) is 5.42. The number of carbonyl (C=O) groups is 1. The number of aryl methyl sites for hydroxylation is 1. The summed E-state index contributed by atoms with van der Waals surface area (Å²) in [5.41, 5.74) is 6.20. The third-order valence-corrected chi connectivity index (χ3v) is 2.98. The van der Waals surface area contributed by atoms with Gasteiger partial charge in [0.05, 0.1) is 5.56 Å². The van der Waals surface area contributed by atoms with Crippen LogP contribution in [0.4, 0.5) is 18.9 Å². The molecule has 110 valence electrons. The molecule has 2 aromatic carbocycles. The van der Waals surface area contributed by atoms with E-state index in [4.69, 9.17) is 10.5 Å². The first-order valence-corrected chi connectivity index (χ1v) is 6.05. The number of ether oxygens (including phenoxy) is 1. The van der Waals surface area contributed by atoms with Gasteiger partial charge in [-0.2, -0.15) is 0 Å². The van der Waals surface area contributed by atoms with Crippen LogP contribution in [0, 0.1) is 24.4 Å². The van der Waals surface area contributed by atoms with Gasteiger partial charge in [-0.15, -0.1) is 0 Å². The first-order valence-electron chi connectivity index (χ1n) is 6.05. The highest BCUT2D eigenvalue weighted by Gasteiger charge is 2.16. The Balaban J connectivity index is 2.13. The SMILES string of the molecule is Cc1cc(F)ccc1COC(=O)c1cc(F)c(F)cc1N. The lowest BCUT2D eigenvalue weighted by Crippen LogP contribution is -2.10. The number of rotatable bonds is 3. The maximum atomic E-state index is 13.1. The molecule has 0 saturated carbocycles. The third-order valence-electron chi connectivity index (χ3n) is 2.98. The standard InChI is InChI=1S/C15H12F3NO2/c1-8-4-10(16)3-2-9(8)7-21-15(20)11-5-12(17)13(18)6-14(11)19/h2-6H,7,19H2,1H3. The van der Waals surface area contributed by atoms with Crippen LogP contribution in [0.5, 0.6) is 0 Å². The van der Waals surface area contributed by atoms with Gasteiger partial charge in [0.2, 0.25) is 0 Å². The molecule has 2 N–H and O–H groups in total. The monoisotopic (exact) mass is 295 g/mol. The zero-order valence-corrected chi connectivity index (χ0v) is 11.1. The fraction of sp³-hybridized carbons (Fsp3) is 0.133. The van der Waals surface area contributed by atoms with E-state index in [9.17, 15) is 18.0 Å². The lowest BCUT2D eigenvalue weighted by molar-refractivity contribution is 0.0472. The zero-order valence-electron chi connectivity index (χ0n) is 11.1. The van der Waals surface area contributed by atoms with Gasteiger partial charge in [0, 0.05) is 11.8 Å². The second-order valence-electron chi connectivity index (χ2n) is 4.50. The zero-order chi connectivity index (χ0) is 15.6. The van der Waals surface area contributed by atoms with Gasteiger partial charge in [0.1, 0.15) is 12.4 Å². The first kappa shape index (κ1) is 14.9. The molecule has 0 unspecified atom stereocenters. The molecule has 2 aromatic rings. The smallest absolute Gasteiger partial charge is 0.340 e. The van der Waals surface area contributed by atoms with E-state index in [-0.39, 0.29) is 17.9 Å². The fourth-order valence-electron chi connectivity index (χ4n) is 1.78. The van der Waals surface area contributed by atoms with Crippen molar-refractivity contribution in [2.75, 3.05) is 5.73 Å². The van der Waals surface area contributed by atoms with Crippen LogP contribution in [0.15, 0.2) is 30.3 Å². The van der Waals surface area contributed by atoms with Crippen molar-refractivity contribution in [3.8, 4) is 0 Å². The summed E-state index contributed by atoms with van der Waals surface area (Å²) in [4.78, 5) is 11.8. The van der Waals surface area contributed by atoms with Crippen LogP contribution < -0.4 is 5.73 Å². The molecule has 0 amide bonds. The van der Waals surface area contributed by atoms with Crippen molar-refractivity contribution in [3.05, 3.63) is 64.5 Å². The Morgan fingerprint density at radius 1 is 1.14 bits per heavy atom.